The molecule has 2 unspecified atom stereocenters. The zero-order valence-electron chi connectivity index (χ0n) is 7.53. The first-order chi connectivity index (χ1) is 6.72. The van der Waals surface area contributed by atoms with Gasteiger partial charge in [0.2, 0.25) is 0 Å². The van der Waals surface area contributed by atoms with Gasteiger partial charge in [0.1, 0.15) is 3.72 Å². The summed E-state index contributed by atoms with van der Waals surface area (Å²) in [6, 6.07) is 0.190. The molecule has 2 atom stereocenters. The van der Waals surface area contributed by atoms with E-state index >= 15 is 0 Å². The minimum atomic E-state index is -0.296. The molecule has 0 aromatic rings. The van der Waals surface area contributed by atoms with E-state index in [1.807, 2.05) is 12.2 Å². The zero-order chi connectivity index (χ0) is 10.1. The molecular weight excluding hydrogens is 295 g/mol. The molecule has 0 amide bonds. The topological polar surface area (TPSA) is 50.7 Å². The third kappa shape index (κ3) is 1.56. The lowest BCUT2D eigenvalue weighted by atomic mass is 9.94. The average molecular weight is 304 g/mol. The number of esters is 1. The number of nitrogens with zero attached hydrogens (tertiary/aromatic N) is 1. The van der Waals surface area contributed by atoms with Crippen LogP contribution in [-0.4, -0.2) is 22.8 Å². The number of rotatable bonds is 1. The third-order valence-electron chi connectivity index (χ3n) is 2.25. The highest BCUT2D eigenvalue weighted by molar-refractivity contribution is 14.1. The quantitative estimate of drug-likeness (QED) is 0.581. The summed E-state index contributed by atoms with van der Waals surface area (Å²) in [6.45, 7) is 0. The molecule has 1 aliphatic heterocycles. The Labute approximate surface area is 95.2 Å². The van der Waals surface area contributed by atoms with E-state index in [0.29, 0.717) is 5.57 Å². The lowest BCUT2D eigenvalue weighted by Crippen LogP contribution is -2.28. The van der Waals surface area contributed by atoms with Crippen molar-refractivity contribution < 1.29 is 9.53 Å². The van der Waals surface area contributed by atoms with Gasteiger partial charge in [-0.05, 0) is 28.7 Å². The number of nitrogens with one attached hydrogen (secondary N) is 1. The lowest BCUT2D eigenvalue weighted by Gasteiger charge is -2.17. The minimum Gasteiger partial charge on any atom is -0.465 e. The van der Waals surface area contributed by atoms with Crippen molar-refractivity contribution in [3.8, 4) is 0 Å². The molecule has 74 valence electrons. The van der Waals surface area contributed by atoms with Crippen molar-refractivity contribution in [2.75, 3.05) is 7.11 Å². The van der Waals surface area contributed by atoms with Crippen LogP contribution < -0.4 is 5.43 Å². The van der Waals surface area contributed by atoms with Crippen LogP contribution in [0.5, 0.6) is 0 Å². The van der Waals surface area contributed by atoms with E-state index in [-0.39, 0.29) is 17.9 Å². The first-order valence-corrected chi connectivity index (χ1v) is 5.27. The summed E-state index contributed by atoms with van der Waals surface area (Å²) in [7, 11) is 1.38. The summed E-state index contributed by atoms with van der Waals surface area (Å²) in [5, 5.41) is 4.11. The minimum absolute atomic E-state index is 0.176. The van der Waals surface area contributed by atoms with Crippen LogP contribution >= 0.6 is 22.6 Å². The van der Waals surface area contributed by atoms with Crippen molar-refractivity contribution in [3.63, 3.8) is 0 Å². The van der Waals surface area contributed by atoms with E-state index in [1.165, 1.54) is 7.11 Å². The molecule has 2 rings (SSSR count). The maximum Gasteiger partial charge on any atom is 0.337 e. The molecule has 0 fully saturated rings. The lowest BCUT2D eigenvalue weighted by molar-refractivity contribution is -0.135. The van der Waals surface area contributed by atoms with Gasteiger partial charge in [-0.1, -0.05) is 12.2 Å². The molecular formula is C9H9IN2O2. The summed E-state index contributed by atoms with van der Waals surface area (Å²) in [4.78, 5) is 11.3. The number of carbonyl (C=O) groups is 1. The number of hydrazone groups is 1. The van der Waals surface area contributed by atoms with Crippen molar-refractivity contribution in [1.29, 1.82) is 0 Å². The van der Waals surface area contributed by atoms with Gasteiger partial charge in [-0.2, -0.15) is 5.10 Å². The van der Waals surface area contributed by atoms with Gasteiger partial charge >= 0.3 is 5.97 Å². The highest BCUT2D eigenvalue weighted by Crippen LogP contribution is 2.25. The Morgan fingerprint density at radius 1 is 1.71 bits per heavy atom. The van der Waals surface area contributed by atoms with E-state index < -0.39 is 0 Å². The van der Waals surface area contributed by atoms with Crippen molar-refractivity contribution in [1.82, 2.24) is 5.43 Å². The fourth-order valence-corrected chi connectivity index (χ4v) is 2.19. The number of halogens is 1. The van der Waals surface area contributed by atoms with Crippen molar-refractivity contribution in [2.45, 2.75) is 6.04 Å². The highest BCUT2D eigenvalue weighted by atomic mass is 127. The predicted octanol–water partition coefficient (Wildman–Crippen LogP) is 0.992. The molecule has 0 bridgehead atoms. The van der Waals surface area contributed by atoms with Crippen LogP contribution in [0, 0.1) is 5.92 Å². The molecule has 0 spiro atoms. The fraction of sp³-hybridized carbons (Fsp3) is 0.333. The number of methoxy groups -OCH3 is 1. The van der Waals surface area contributed by atoms with Gasteiger partial charge in [-0.25, -0.2) is 4.79 Å². The van der Waals surface area contributed by atoms with Crippen molar-refractivity contribution in [3.05, 3.63) is 23.8 Å². The summed E-state index contributed by atoms with van der Waals surface area (Å²) in [5.41, 5.74) is 3.58. The molecule has 1 heterocycles. The largest absolute Gasteiger partial charge is 0.465 e. The number of carbonyl (C=O) groups excluding carboxylic acids is 1. The van der Waals surface area contributed by atoms with Gasteiger partial charge in [0.25, 0.3) is 0 Å². The van der Waals surface area contributed by atoms with E-state index in [9.17, 15) is 4.79 Å². The van der Waals surface area contributed by atoms with Crippen LogP contribution in [0.15, 0.2) is 28.9 Å². The first-order valence-electron chi connectivity index (χ1n) is 4.19. The van der Waals surface area contributed by atoms with Crippen LogP contribution in [0.2, 0.25) is 0 Å². The predicted molar refractivity (Wildman–Crippen MR) is 61.1 cm³/mol. The molecule has 0 aromatic carbocycles. The SMILES string of the molecule is COC(=O)C1=CC2C(I)=NNC2C=C1. The second kappa shape index (κ2) is 3.72. The normalized spacial score (nSPS) is 28.7. The third-order valence-corrected chi connectivity index (χ3v) is 3.21. The van der Waals surface area contributed by atoms with Crippen molar-refractivity contribution in [2.24, 2.45) is 11.0 Å². The molecule has 5 heteroatoms. The van der Waals surface area contributed by atoms with Crippen LogP contribution in [-0.2, 0) is 9.53 Å². The van der Waals surface area contributed by atoms with E-state index in [2.05, 4.69) is 37.9 Å². The average Bonchev–Trinajstić information content (AvgIpc) is 2.59. The smallest absolute Gasteiger partial charge is 0.337 e. The molecule has 14 heavy (non-hydrogen) atoms. The summed E-state index contributed by atoms with van der Waals surface area (Å²) in [5.74, 6) is -0.120. The summed E-state index contributed by atoms with van der Waals surface area (Å²) < 4.78 is 5.62. The van der Waals surface area contributed by atoms with Gasteiger partial charge in [-0.3, -0.25) is 0 Å². The number of hydrogen-bond donors (Lipinski definition) is 1. The monoisotopic (exact) mass is 304 g/mol. The molecule has 2 aliphatic rings. The van der Waals surface area contributed by atoms with Crippen LogP contribution in [0.1, 0.15) is 0 Å². The molecule has 1 aliphatic carbocycles. The highest BCUT2D eigenvalue weighted by Gasteiger charge is 2.30. The van der Waals surface area contributed by atoms with E-state index in [1.54, 1.807) is 6.08 Å². The summed E-state index contributed by atoms with van der Waals surface area (Å²) in [6.07, 6.45) is 5.60. The molecule has 4 nitrogen and oxygen atoms in total. The molecule has 0 saturated heterocycles. The Kier molecular flexibility index (Phi) is 2.58. The number of ether oxygens (including phenoxy) is 1. The Balaban J connectivity index is 2.23. The van der Waals surface area contributed by atoms with Crippen LogP contribution in [0.25, 0.3) is 0 Å². The second-order valence-electron chi connectivity index (χ2n) is 3.09. The molecule has 0 aromatic heterocycles. The fourth-order valence-electron chi connectivity index (χ4n) is 1.48. The standard InChI is InChI=1S/C9H9IN2O2/c1-14-9(13)5-2-3-7-6(4-5)8(10)12-11-7/h2-4,6-7,11H,1H3. The van der Waals surface area contributed by atoms with Gasteiger partial charge in [0, 0.05) is 0 Å². The van der Waals surface area contributed by atoms with Crippen molar-refractivity contribution >= 4 is 32.3 Å². The number of hydrogen-bond acceptors (Lipinski definition) is 4. The van der Waals surface area contributed by atoms with Gasteiger partial charge in [-0.15, -0.1) is 0 Å². The molecule has 1 N–H and O–H groups in total. The van der Waals surface area contributed by atoms with Gasteiger partial charge in [0.15, 0.2) is 0 Å². The van der Waals surface area contributed by atoms with E-state index in [4.69, 9.17) is 0 Å². The maximum atomic E-state index is 11.3. The van der Waals surface area contributed by atoms with Crippen LogP contribution in [0.4, 0.5) is 0 Å². The maximum absolute atomic E-state index is 11.3. The number of fused-ring (bicyclic) bond motifs is 1. The van der Waals surface area contributed by atoms with E-state index in [0.717, 1.165) is 3.72 Å². The van der Waals surface area contributed by atoms with Gasteiger partial charge in [0.05, 0.1) is 24.6 Å². The molecule has 0 saturated carbocycles. The Bertz CT molecular complexity index is 360. The Hall–Kier alpha value is -0.850. The second-order valence-corrected chi connectivity index (χ2v) is 4.19. The van der Waals surface area contributed by atoms with Crippen LogP contribution in [0.3, 0.4) is 0 Å². The Morgan fingerprint density at radius 2 is 2.50 bits per heavy atom. The molecule has 0 radical (unpaired) electrons. The zero-order valence-corrected chi connectivity index (χ0v) is 9.69. The summed E-state index contributed by atoms with van der Waals surface area (Å²) >= 11 is 2.17. The first kappa shape index (κ1) is 9.70. The Morgan fingerprint density at radius 3 is 3.21 bits per heavy atom. The van der Waals surface area contributed by atoms with Gasteiger partial charge < -0.3 is 10.2 Å².